The van der Waals surface area contributed by atoms with Gasteiger partial charge in [-0.15, -0.1) is 11.8 Å². The molecule has 0 aliphatic rings. The largest absolute Gasteiger partial charge is 0.321 e. The van der Waals surface area contributed by atoms with Gasteiger partial charge in [-0.2, -0.15) is 5.10 Å². The lowest BCUT2D eigenvalue weighted by Gasteiger charge is -2.05. The first-order valence-corrected chi connectivity index (χ1v) is 8.13. The van der Waals surface area contributed by atoms with Gasteiger partial charge in [0.1, 0.15) is 0 Å². The number of hydrazone groups is 1. The van der Waals surface area contributed by atoms with Crippen LogP contribution in [0, 0.1) is 0 Å². The molecular weight excluding hydrogens is 298 g/mol. The van der Waals surface area contributed by atoms with Crippen molar-refractivity contribution in [3.63, 3.8) is 0 Å². The minimum absolute atomic E-state index is 0.0911. The van der Waals surface area contributed by atoms with Gasteiger partial charge >= 0.3 is 0 Å². The third kappa shape index (κ3) is 3.05. The average Bonchev–Trinajstić information content (AvgIpc) is 2.74. The van der Waals surface area contributed by atoms with E-state index in [0.717, 1.165) is 14.7 Å². The van der Waals surface area contributed by atoms with E-state index < -0.39 is 0 Å². The van der Waals surface area contributed by atoms with Crippen LogP contribution in [0.5, 0.6) is 0 Å². The van der Waals surface area contributed by atoms with Crippen LogP contribution in [-0.4, -0.2) is 14.9 Å². The molecule has 0 aliphatic carbocycles. The number of hydrogen-bond donors (Lipinski definition) is 1. The standard InChI is InChI=1S/C12H13N3OS3/c1-3-17-8(2)18-12(14-13)15-11(16)9-6-4-5-7-10(9)19-15/h4-7H,2-3,13H2,1H3/b14-12-. The number of aromatic nitrogens is 1. The molecule has 2 N–H and O–H groups in total. The molecule has 0 saturated heterocycles. The first-order chi connectivity index (χ1) is 9.17. The van der Waals surface area contributed by atoms with Crippen molar-refractivity contribution in [3.8, 4) is 0 Å². The normalized spacial score (nSPS) is 11.9. The Hall–Kier alpha value is -1.18. The zero-order chi connectivity index (χ0) is 13.8. The Bertz CT molecular complexity index is 687. The van der Waals surface area contributed by atoms with Gasteiger partial charge in [0.15, 0.2) is 0 Å². The zero-order valence-corrected chi connectivity index (χ0v) is 12.8. The van der Waals surface area contributed by atoms with Crippen molar-refractivity contribution in [3.05, 3.63) is 45.4 Å². The van der Waals surface area contributed by atoms with E-state index in [1.807, 2.05) is 25.1 Å². The molecule has 4 nitrogen and oxygen atoms in total. The van der Waals surface area contributed by atoms with Gasteiger partial charge in [0.2, 0.25) is 5.17 Å². The van der Waals surface area contributed by atoms with Crippen LogP contribution < -0.4 is 11.4 Å². The molecule has 0 unspecified atom stereocenters. The van der Waals surface area contributed by atoms with Gasteiger partial charge < -0.3 is 5.84 Å². The summed E-state index contributed by atoms with van der Waals surface area (Å²) in [6.07, 6.45) is 0. The van der Waals surface area contributed by atoms with Crippen LogP contribution >= 0.6 is 35.1 Å². The highest BCUT2D eigenvalue weighted by Crippen LogP contribution is 2.28. The molecule has 0 spiro atoms. The van der Waals surface area contributed by atoms with Gasteiger partial charge in [-0.3, -0.25) is 4.79 Å². The predicted molar refractivity (Wildman–Crippen MR) is 88.0 cm³/mol. The molecule has 0 bridgehead atoms. The van der Waals surface area contributed by atoms with E-state index in [1.165, 1.54) is 27.3 Å². The maximum atomic E-state index is 12.3. The van der Waals surface area contributed by atoms with E-state index in [1.54, 1.807) is 17.8 Å². The monoisotopic (exact) mass is 311 g/mol. The van der Waals surface area contributed by atoms with Gasteiger partial charge in [0.05, 0.1) is 10.1 Å². The Morgan fingerprint density at radius 3 is 2.89 bits per heavy atom. The van der Waals surface area contributed by atoms with E-state index in [-0.39, 0.29) is 5.56 Å². The highest BCUT2D eigenvalue weighted by Gasteiger charge is 2.13. The average molecular weight is 311 g/mol. The first kappa shape index (κ1) is 14.2. The summed E-state index contributed by atoms with van der Waals surface area (Å²) in [6, 6.07) is 7.46. The first-order valence-electron chi connectivity index (χ1n) is 5.56. The molecule has 0 radical (unpaired) electrons. The number of benzene rings is 1. The Morgan fingerprint density at radius 1 is 1.53 bits per heavy atom. The molecule has 100 valence electrons. The Balaban J connectivity index is 2.39. The molecule has 0 aliphatic heterocycles. The van der Waals surface area contributed by atoms with Crippen LogP contribution in [0.2, 0.25) is 0 Å². The van der Waals surface area contributed by atoms with Crippen molar-refractivity contribution in [1.82, 2.24) is 3.96 Å². The number of thioether (sulfide) groups is 2. The van der Waals surface area contributed by atoms with Crippen LogP contribution in [0.15, 0.2) is 45.0 Å². The molecule has 0 saturated carbocycles. The van der Waals surface area contributed by atoms with Gasteiger partial charge in [0.25, 0.3) is 5.56 Å². The summed E-state index contributed by atoms with van der Waals surface area (Å²) in [5.74, 6) is 6.33. The van der Waals surface area contributed by atoms with Crippen LogP contribution in [0.4, 0.5) is 0 Å². The van der Waals surface area contributed by atoms with E-state index >= 15 is 0 Å². The summed E-state index contributed by atoms with van der Waals surface area (Å²) < 4.78 is 3.30. The maximum Gasteiger partial charge on any atom is 0.275 e. The lowest BCUT2D eigenvalue weighted by molar-refractivity contribution is 1.17. The quantitative estimate of drug-likeness (QED) is 0.409. The van der Waals surface area contributed by atoms with E-state index in [9.17, 15) is 4.79 Å². The minimum atomic E-state index is -0.0911. The Morgan fingerprint density at radius 2 is 2.26 bits per heavy atom. The predicted octanol–water partition coefficient (Wildman–Crippen LogP) is 3.10. The summed E-state index contributed by atoms with van der Waals surface area (Å²) >= 11 is 4.26. The fourth-order valence-electron chi connectivity index (χ4n) is 1.51. The number of nitrogens with two attached hydrogens (primary N) is 1. The summed E-state index contributed by atoms with van der Waals surface area (Å²) in [7, 11) is 0. The second-order valence-electron chi connectivity index (χ2n) is 3.51. The number of fused-ring (bicyclic) bond motifs is 1. The highest BCUT2D eigenvalue weighted by atomic mass is 32.2. The molecule has 1 aromatic heterocycles. The molecule has 7 heteroatoms. The van der Waals surface area contributed by atoms with Crippen LogP contribution in [0.25, 0.3) is 10.1 Å². The third-order valence-electron chi connectivity index (χ3n) is 2.29. The maximum absolute atomic E-state index is 12.3. The number of nitrogens with zero attached hydrogens (tertiary/aromatic N) is 2. The summed E-state index contributed by atoms with van der Waals surface area (Å²) in [5.41, 5.74) is -0.0911. The van der Waals surface area contributed by atoms with E-state index in [2.05, 4.69) is 11.7 Å². The van der Waals surface area contributed by atoms with Crippen molar-refractivity contribution >= 4 is 50.3 Å². The van der Waals surface area contributed by atoms with Gasteiger partial charge in [-0.1, -0.05) is 25.6 Å². The zero-order valence-electron chi connectivity index (χ0n) is 10.3. The smallest absolute Gasteiger partial charge is 0.275 e. The molecule has 19 heavy (non-hydrogen) atoms. The molecule has 1 aromatic carbocycles. The third-order valence-corrected chi connectivity index (χ3v) is 5.39. The molecule has 2 rings (SSSR count). The van der Waals surface area contributed by atoms with Crippen molar-refractivity contribution in [2.75, 3.05) is 5.75 Å². The number of hydrogen-bond acceptors (Lipinski definition) is 6. The molecular formula is C12H13N3OS3. The molecule has 0 amide bonds. The molecule has 0 atom stereocenters. The van der Waals surface area contributed by atoms with Crippen molar-refractivity contribution in [2.24, 2.45) is 10.9 Å². The minimum Gasteiger partial charge on any atom is -0.321 e. The van der Waals surface area contributed by atoms with Gasteiger partial charge in [-0.25, -0.2) is 3.96 Å². The Labute approximate surface area is 123 Å². The second-order valence-corrected chi connectivity index (χ2v) is 7.17. The van der Waals surface area contributed by atoms with Gasteiger partial charge in [-0.05, 0) is 41.2 Å². The highest BCUT2D eigenvalue weighted by molar-refractivity contribution is 8.29. The molecule has 0 fully saturated rings. The summed E-state index contributed by atoms with van der Waals surface area (Å²) in [4.78, 5) is 12.3. The summed E-state index contributed by atoms with van der Waals surface area (Å²) in [6.45, 7) is 5.96. The molecule has 1 heterocycles. The fraction of sp³-hybridized carbons (Fsp3) is 0.167. The second kappa shape index (κ2) is 6.31. The lowest BCUT2D eigenvalue weighted by atomic mass is 10.3. The number of rotatable bonds is 3. The van der Waals surface area contributed by atoms with Gasteiger partial charge in [0, 0.05) is 4.24 Å². The fourth-order valence-corrected chi connectivity index (χ4v) is 4.19. The van der Waals surface area contributed by atoms with Crippen molar-refractivity contribution in [1.29, 1.82) is 0 Å². The Kier molecular flexibility index (Phi) is 4.73. The SMILES string of the molecule is C=C(SCC)S/C(=N\N)n1sc2ccccc2c1=O. The van der Waals surface area contributed by atoms with E-state index in [0.29, 0.717) is 10.6 Å². The van der Waals surface area contributed by atoms with Crippen LogP contribution in [0.1, 0.15) is 6.92 Å². The molecule has 2 aromatic rings. The topological polar surface area (TPSA) is 60.4 Å². The van der Waals surface area contributed by atoms with Crippen LogP contribution in [0.3, 0.4) is 0 Å². The van der Waals surface area contributed by atoms with E-state index in [4.69, 9.17) is 5.84 Å². The summed E-state index contributed by atoms with van der Waals surface area (Å²) in [5, 5.41) is 4.85. The van der Waals surface area contributed by atoms with Crippen LogP contribution in [-0.2, 0) is 0 Å². The van der Waals surface area contributed by atoms with Crippen molar-refractivity contribution < 1.29 is 0 Å². The lowest BCUT2D eigenvalue weighted by Crippen LogP contribution is -2.20. The van der Waals surface area contributed by atoms with Crippen molar-refractivity contribution in [2.45, 2.75) is 6.92 Å².